The van der Waals surface area contributed by atoms with Crippen molar-refractivity contribution in [2.75, 3.05) is 7.05 Å². The zero-order valence-corrected chi connectivity index (χ0v) is 11.2. The van der Waals surface area contributed by atoms with Crippen LogP contribution in [-0.4, -0.2) is 30.9 Å². The van der Waals surface area contributed by atoms with Gasteiger partial charge in [-0.15, -0.1) is 0 Å². The van der Waals surface area contributed by atoms with E-state index in [4.69, 9.17) is 17.5 Å². The fourth-order valence-electron chi connectivity index (χ4n) is 1.65. The van der Waals surface area contributed by atoms with Gasteiger partial charge < -0.3 is 17.5 Å². The van der Waals surface area contributed by atoms with E-state index in [0.717, 1.165) is 24.3 Å². The van der Waals surface area contributed by atoms with Crippen molar-refractivity contribution in [3.05, 3.63) is 0 Å². The number of nitrogens with two attached hydrogens (primary N) is 3. The highest BCUT2D eigenvalue weighted by molar-refractivity contribution is 5.97. The van der Waals surface area contributed by atoms with Gasteiger partial charge in [0.05, 0.1) is 0 Å². The van der Waals surface area contributed by atoms with Crippen molar-refractivity contribution in [3.8, 4) is 0 Å². The minimum absolute atomic E-state index is 0.0207. The normalized spacial score (nSPS) is 17.5. The third-order valence-corrected chi connectivity index (χ3v) is 2.80. The van der Waals surface area contributed by atoms with E-state index >= 15 is 0 Å². The van der Waals surface area contributed by atoms with Gasteiger partial charge in [-0.1, -0.05) is 0 Å². The lowest BCUT2D eigenvalue weighted by atomic mass is 9.89. The van der Waals surface area contributed by atoms with Crippen molar-refractivity contribution in [1.82, 2.24) is 0 Å². The molecular formula is C11H23N7. The highest BCUT2D eigenvalue weighted by atomic mass is 15.1. The Morgan fingerprint density at radius 3 is 2.17 bits per heavy atom. The average Bonchev–Trinajstić information content (AvgIpc) is 2.37. The highest BCUT2D eigenvalue weighted by Crippen LogP contribution is 2.15. The van der Waals surface area contributed by atoms with E-state index in [1.54, 1.807) is 19.5 Å². The third kappa shape index (κ3) is 5.97. The lowest BCUT2D eigenvalue weighted by Gasteiger charge is -2.17. The van der Waals surface area contributed by atoms with E-state index in [9.17, 15) is 0 Å². The van der Waals surface area contributed by atoms with Crippen LogP contribution in [0.3, 0.4) is 0 Å². The Hall–Kier alpha value is -1.92. The van der Waals surface area contributed by atoms with Crippen LogP contribution in [0.1, 0.15) is 26.7 Å². The molecule has 0 aliphatic heterocycles. The highest BCUT2D eigenvalue weighted by Gasteiger charge is 2.17. The van der Waals surface area contributed by atoms with Gasteiger partial charge in [0.2, 0.25) is 0 Å². The predicted molar refractivity (Wildman–Crippen MR) is 77.9 cm³/mol. The lowest BCUT2D eigenvalue weighted by Crippen LogP contribution is -2.21. The Bertz CT molecular complexity index is 343. The second-order valence-electron chi connectivity index (χ2n) is 4.13. The molecule has 0 bridgehead atoms. The molecule has 18 heavy (non-hydrogen) atoms. The van der Waals surface area contributed by atoms with Crippen LogP contribution in [0.4, 0.5) is 0 Å². The molecule has 2 unspecified atom stereocenters. The second-order valence-corrected chi connectivity index (χ2v) is 4.13. The molecule has 0 heterocycles. The third-order valence-electron chi connectivity index (χ3n) is 2.80. The zero-order valence-electron chi connectivity index (χ0n) is 11.2. The summed E-state index contributed by atoms with van der Waals surface area (Å²) >= 11 is 0. The number of hydrogen-bond donors (Lipinski definition) is 3. The fourth-order valence-corrected chi connectivity index (χ4v) is 1.65. The number of hydrazone groups is 3. The average molecular weight is 253 g/mol. The molecule has 6 N–H and O–H groups in total. The van der Waals surface area contributed by atoms with Gasteiger partial charge in [0, 0.05) is 42.7 Å². The van der Waals surface area contributed by atoms with Crippen molar-refractivity contribution < 1.29 is 0 Å². The summed E-state index contributed by atoms with van der Waals surface area (Å²) in [5.41, 5.74) is 1.80. The Balaban J connectivity index is 4.81. The standard InChI is InChI=1S/C11H23N7/c1-8(15-3)4-10(6-16-12)5-11(7-17-13)9(2)18-14/h6-7,10-11H,4-5,12-14H2,1-3H3/b15-8+,16-6+,17-7+,18-9-. The summed E-state index contributed by atoms with van der Waals surface area (Å²) in [4.78, 5) is 4.13. The van der Waals surface area contributed by atoms with E-state index < -0.39 is 0 Å². The Morgan fingerprint density at radius 1 is 1.11 bits per heavy atom. The van der Waals surface area contributed by atoms with E-state index in [2.05, 4.69) is 20.3 Å². The molecule has 0 fully saturated rings. The van der Waals surface area contributed by atoms with E-state index in [1.807, 2.05) is 13.8 Å². The number of rotatable bonds is 7. The molecule has 0 amide bonds. The van der Waals surface area contributed by atoms with E-state index in [0.29, 0.717) is 0 Å². The van der Waals surface area contributed by atoms with E-state index in [-0.39, 0.29) is 11.8 Å². The lowest BCUT2D eigenvalue weighted by molar-refractivity contribution is 0.628. The van der Waals surface area contributed by atoms with Gasteiger partial charge in [0.1, 0.15) is 0 Å². The fraction of sp³-hybridized carbons (Fsp3) is 0.636. The van der Waals surface area contributed by atoms with Crippen LogP contribution in [-0.2, 0) is 0 Å². The van der Waals surface area contributed by atoms with Crippen LogP contribution in [0.5, 0.6) is 0 Å². The maximum Gasteiger partial charge on any atom is 0.0430 e. The van der Waals surface area contributed by atoms with Gasteiger partial charge in [-0.05, 0) is 26.7 Å². The van der Waals surface area contributed by atoms with Crippen molar-refractivity contribution in [1.29, 1.82) is 0 Å². The van der Waals surface area contributed by atoms with Crippen LogP contribution in [0, 0.1) is 11.8 Å². The van der Waals surface area contributed by atoms with Gasteiger partial charge >= 0.3 is 0 Å². The van der Waals surface area contributed by atoms with Crippen molar-refractivity contribution >= 4 is 23.9 Å². The molecule has 0 spiro atoms. The van der Waals surface area contributed by atoms with Crippen LogP contribution < -0.4 is 17.5 Å². The second kappa shape index (κ2) is 9.15. The molecule has 0 aliphatic rings. The molecule has 0 saturated carbocycles. The van der Waals surface area contributed by atoms with Gasteiger partial charge in [0.25, 0.3) is 0 Å². The minimum atomic E-state index is -0.0207. The zero-order chi connectivity index (χ0) is 14.0. The summed E-state index contributed by atoms with van der Waals surface area (Å²) < 4.78 is 0. The molecule has 2 atom stereocenters. The van der Waals surface area contributed by atoms with Crippen molar-refractivity contribution in [2.24, 2.45) is 49.7 Å². The van der Waals surface area contributed by atoms with Crippen LogP contribution in [0.15, 0.2) is 20.3 Å². The van der Waals surface area contributed by atoms with Gasteiger partial charge in [-0.25, -0.2) is 0 Å². The molecule has 0 saturated heterocycles. The topological polar surface area (TPSA) is 127 Å². The molecule has 7 nitrogen and oxygen atoms in total. The maximum atomic E-state index is 5.28. The van der Waals surface area contributed by atoms with Crippen LogP contribution in [0.25, 0.3) is 0 Å². The van der Waals surface area contributed by atoms with Crippen molar-refractivity contribution in [2.45, 2.75) is 26.7 Å². The largest absolute Gasteiger partial charge is 0.324 e. The number of aliphatic imine (C=N–C) groups is 1. The summed E-state index contributed by atoms with van der Waals surface area (Å²) in [5.74, 6) is 15.8. The Morgan fingerprint density at radius 2 is 1.72 bits per heavy atom. The van der Waals surface area contributed by atoms with Crippen molar-refractivity contribution in [3.63, 3.8) is 0 Å². The smallest absolute Gasteiger partial charge is 0.0430 e. The maximum absolute atomic E-state index is 5.28. The van der Waals surface area contributed by atoms with Gasteiger partial charge in [0.15, 0.2) is 0 Å². The summed E-state index contributed by atoms with van der Waals surface area (Å²) in [7, 11) is 1.76. The first-order valence-electron chi connectivity index (χ1n) is 5.72. The van der Waals surface area contributed by atoms with Crippen LogP contribution >= 0.6 is 0 Å². The summed E-state index contributed by atoms with van der Waals surface area (Å²) in [6, 6.07) is 0. The number of nitrogens with zero attached hydrogens (tertiary/aromatic N) is 4. The predicted octanol–water partition coefficient (Wildman–Crippen LogP) is 0.313. The summed E-state index contributed by atoms with van der Waals surface area (Å²) in [5, 5.41) is 10.8. The molecule has 0 rings (SSSR count). The summed E-state index contributed by atoms with van der Waals surface area (Å²) in [6.07, 6.45) is 4.85. The Kier molecular flexibility index (Phi) is 8.17. The number of hydrogen-bond acceptors (Lipinski definition) is 7. The molecular weight excluding hydrogens is 230 g/mol. The first kappa shape index (κ1) is 16.1. The SMILES string of the molecule is C/N=C(\C)CC(/C=N/N)CC(/C=N/N)/C(C)=N\N. The van der Waals surface area contributed by atoms with E-state index in [1.165, 1.54) is 0 Å². The molecule has 0 radical (unpaired) electrons. The molecule has 0 aliphatic carbocycles. The quantitative estimate of drug-likeness (QED) is 0.343. The first-order chi connectivity index (χ1) is 8.58. The molecule has 102 valence electrons. The minimum Gasteiger partial charge on any atom is -0.324 e. The molecule has 7 heteroatoms. The molecule has 0 aromatic carbocycles. The van der Waals surface area contributed by atoms with Gasteiger partial charge in [-0.2, -0.15) is 15.3 Å². The monoisotopic (exact) mass is 253 g/mol. The van der Waals surface area contributed by atoms with Crippen LogP contribution in [0.2, 0.25) is 0 Å². The first-order valence-corrected chi connectivity index (χ1v) is 5.72. The van der Waals surface area contributed by atoms with Gasteiger partial charge in [-0.3, -0.25) is 4.99 Å². The summed E-state index contributed by atoms with van der Waals surface area (Å²) in [6.45, 7) is 3.80. The molecule has 0 aromatic rings. The molecule has 0 aromatic heterocycles. The Labute approximate surface area is 108 Å².